The van der Waals surface area contributed by atoms with Gasteiger partial charge in [-0.15, -0.1) is 0 Å². The Bertz CT molecular complexity index is 531. The van der Waals surface area contributed by atoms with Crippen molar-refractivity contribution >= 4 is 23.4 Å². The van der Waals surface area contributed by atoms with Gasteiger partial charge >= 0.3 is 0 Å². The van der Waals surface area contributed by atoms with Crippen LogP contribution in [0.25, 0.3) is 0 Å². The lowest BCUT2D eigenvalue weighted by Crippen LogP contribution is -1.91. The highest BCUT2D eigenvalue weighted by Gasteiger charge is 2.09. The summed E-state index contributed by atoms with van der Waals surface area (Å²) in [5.41, 5.74) is 0.579. The molecule has 0 amide bonds. The maximum atomic E-state index is 13.7. The van der Waals surface area contributed by atoms with Gasteiger partial charge in [0.15, 0.2) is 0 Å². The van der Waals surface area contributed by atoms with Gasteiger partial charge in [-0.25, -0.2) is 4.39 Å². The van der Waals surface area contributed by atoms with E-state index in [0.717, 1.165) is 4.90 Å². The van der Waals surface area contributed by atoms with Crippen LogP contribution in [-0.4, -0.2) is 5.11 Å². The molecule has 17 heavy (non-hydrogen) atoms. The summed E-state index contributed by atoms with van der Waals surface area (Å²) in [6.07, 6.45) is 0. The maximum Gasteiger partial charge on any atom is 0.137 e. The van der Waals surface area contributed by atoms with E-state index in [2.05, 4.69) is 0 Å². The number of benzene rings is 2. The van der Waals surface area contributed by atoms with Crippen LogP contribution in [0.1, 0.15) is 5.56 Å². The first-order valence-electron chi connectivity index (χ1n) is 5.02. The number of hydrogen-bond donors (Lipinski definition) is 1. The van der Waals surface area contributed by atoms with Crippen LogP contribution in [-0.2, 0) is 6.61 Å². The highest BCUT2D eigenvalue weighted by molar-refractivity contribution is 7.99. The minimum absolute atomic E-state index is 0.180. The molecule has 0 radical (unpaired) electrons. The van der Waals surface area contributed by atoms with Crippen molar-refractivity contribution in [1.29, 1.82) is 0 Å². The molecule has 0 saturated carbocycles. The number of aliphatic hydroxyl groups excluding tert-OH is 1. The number of hydrogen-bond acceptors (Lipinski definition) is 2. The molecule has 0 heterocycles. The molecule has 0 aromatic heterocycles. The SMILES string of the molecule is OCc1cccc(F)c1Sc1cccc(Cl)c1. The molecule has 0 bridgehead atoms. The summed E-state index contributed by atoms with van der Waals surface area (Å²) in [6.45, 7) is -0.180. The molecule has 4 heteroatoms. The fourth-order valence-electron chi connectivity index (χ4n) is 1.44. The molecule has 0 aliphatic heterocycles. The highest BCUT2D eigenvalue weighted by Crippen LogP contribution is 2.33. The van der Waals surface area contributed by atoms with E-state index in [9.17, 15) is 4.39 Å². The molecule has 0 saturated heterocycles. The van der Waals surface area contributed by atoms with Gasteiger partial charge < -0.3 is 5.11 Å². The van der Waals surface area contributed by atoms with Crippen LogP contribution in [0.5, 0.6) is 0 Å². The minimum atomic E-state index is -0.332. The molecule has 0 aliphatic rings. The van der Waals surface area contributed by atoms with Crippen LogP contribution < -0.4 is 0 Å². The van der Waals surface area contributed by atoms with Gasteiger partial charge in [-0.05, 0) is 29.8 Å². The molecular formula is C13H10ClFOS. The summed E-state index contributed by atoms with van der Waals surface area (Å²) >= 11 is 7.13. The van der Waals surface area contributed by atoms with Gasteiger partial charge in [-0.2, -0.15) is 0 Å². The first-order chi connectivity index (χ1) is 8.20. The number of aliphatic hydroxyl groups is 1. The average Bonchev–Trinajstić information content (AvgIpc) is 2.32. The molecular weight excluding hydrogens is 259 g/mol. The first-order valence-corrected chi connectivity index (χ1v) is 6.22. The van der Waals surface area contributed by atoms with Gasteiger partial charge in [-0.3, -0.25) is 0 Å². The maximum absolute atomic E-state index is 13.7. The Morgan fingerprint density at radius 2 is 1.94 bits per heavy atom. The van der Waals surface area contributed by atoms with E-state index in [1.165, 1.54) is 17.8 Å². The monoisotopic (exact) mass is 268 g/mol. The quantitative estimate of drug-likeness (QED) is 0.903. The van der Waals surface area contributed by atoms with Crippen molar-refractivity contribution in [1.82, 2.24) is 0 Å². The van der Waals surface area contributed by atoms with E-state index >= 15 is 0 Å². The zero-order valence-electron chi connectivity index (χ0n) is 8.86. The third kappa shape index (κ3) is 3.00. The van der Waals surface area contributed by atoms with Gasteiger partial charge in [0.2, 0.25) is 0 Å². The molecule has 2 aromatic rings. The van der Waals surface area contributed by atoms with Crippen molar-refractivity contribution in [2.45, 2.75) is 16.4 Å². The van der Waals surface area contributed by atoms with Crippen molar-refractivity contribution in [3.63, 3.8) is 0 Å². The first kappa shape index (κ1) is 12.4. The average molecular weight is 269 g/mol. The van der Waals surface area contributed by atoms with E-state index < -0.39 is 0 Å². The zero-order valence-corrected chi connectivity index (χ0v) is 10.4. The topological polar surface area (TPSA) is 20.2 Å². The van der Waals surface area contributed by atoms with Gasteiger partial charge in [0.25, 0.3) is 0 Å². The largest absolute Gasteiger partial charge is 0.392 e. The predicted molar refractivity (Wildman–Crippen MR) is 67.9 cm³/mol. The van der Waals surface area contributed by atoms with Crippen molar-refractivity contribution in [2.75, 3.05) is 0 Å². The van der Waals surface area contributed by atoms with Crippen LogP contribution in [0, 0.1) is 5.82 Å². The molecule has 0 unspecified atom stereocenters. The van der Waals surface area contributed by atoms with Gasteiger partial charge in [0.1, 0.15) is 5.82 Å². The van der Waals surface area contributed by atoms with E-state index in [1.54, 1.807) is 24.3 Å². The smallest absolute Gasteiger partial charge is 0.137 e. The summed E-state index contributed by atoms with van der Waals surface area (Å²) in [4.78, 5) is 1.29. The summed E-state index contributed by atoms with van der Waals surface area (Å²) in [5.74, 6) is -0.332. The van der Waals surface area contributed by atoms with Crippen LogP contribution >= 0.6 is 23.4 Å². The lowest BCUT2D eigenvalue weighted by Gasteiger charge is -2.08. The molecule has 1 nitrogen and oxygen atoms in total. The number of rotatable bonds is 3. The lowest BCUT2D eigenvalue weighted by molar-refractivity contribution is 0.277. The van der Waals surface area contributed by atoms with Crippen LogP contribution in [0.2, 0.25) is 5.02 Å². The minimum Gasteiger partial charge on any atom is -0.392 e. The molecule has 88 valence electrons. The lowest BCUT2D eigenvalue weighted by atomic mass is 10.2. The standard InChI is InChI=1S/C13H10ClFOS/c14-10-4-2-5-11(7-10)17-13-9(8-16)3-1-6-12(13)15/h1-7,16H,8H2. The van der Waals surface area contributed by atoms with Crippen LogP contribution in [0.4, 0.5) is 4.39 Å². The summed E-state index contributed by atoms with van der Waals surface area (Å²) in [5, 5.41) is 9.78. The summed E-state index contributed by atoms with van der Waals surface area (Å²) < 4.78 is 13.7. The summed E-state index contributed by atoms with van der Waals surface area (Å²) in [7, 11) is 0. The zero-order chi connectivity index (χ0) is 12.3. The van der Waals surface area contributed by atoms with E-state index in [4.69, 9.17) is 16.7 Å². The fourth-order valence-corrected chi connectivity index (χ4v) is 2.69. The van der Waals surface area contributed by atoms with Crippen molar-refractivity contribution < 1.29 is 9.50 Å². The van der Waals surface area contributed by atoms with Gasteiger partial charge in [-0.1, -0.05) is 41.6 Å². The second kappa shape index (κ2) is 5.54. The van der Waals surface area contributed by atoms with E-state index in [-0.39, 0.29) is 12.4 Å². The molecule has 0 aliphatic carbocycles. The number of halogens is 2. The Hall–Kier alpha value is -1.03. The molecule has 0 fully saturated rings. The molecule has 0 atom stereocenters. The Morgan fingerprint density at radius 1 is 1.18 bits per heavy atom. The Labute approximate surface area is 108 Å². The second-order valence-corrected chi connectivity index (χ2v) is 4.97. The highest BCUT2D eigenvalue weighted by atomic mass is 35.5. The van der Waals surface area contributed by atoms with Crippen molar-refractivity contribution in [2.24, 2.45) is 0 Å². The third-order valence-corrected chi connectivity index (χ3v) is 3.62. The van der Waals surface area contributed by atoms with E-state index in [1.807, 2.05) is 12.1 Å². The second-order valence-electron chi connectivity index (χ2n) is 3.45. The van der Waals surface area contributed by atoms with Crippen LogP contribution in [0.15, 0.2) is 52.3 Å². The fraction of sp³-hybridized carbons (Fsp3) is 0.0769. The third-order valence-electron chi connectivity index (χ3n) is 2.23. The van der Waals surface area contributed by atoms with Crippen molar-refractivity contribution in [3.8, 4) is 0 Å². The Kier molecular flexibility index (Phi) is 4.05. The predicted octanol–water partition coefficient (Wildman–Crippen LogP) is 4.12. The Morgan fingerprint density at radius 3 is 2.65 bits per heavy atom. The molecule has 2 aromatic carbocycles. The van der Waals surface area contributed by atoms with E-state index in [0.29, 0.717) is 15.5 Å². The molecule has 0 spiro atoms. The molecule has 2 rings (SSSR count). The molecule has 1 N–H and O–H groups in total. The van der Waals surface area contributed by atoms with Crippen molar-refractivity contribution in [3.05, 3.63) is 58.9 Å². The Balaban J connectivity index is 2.35. The van der Waals surface area contributed by atoms with Gasteiger partial charge in [0, 0.05) is 9.92 Å². The normalized spacial score (nSPS) is 10.5. The van der Waals surface area contributed by atoms with Gasteiger partial charge in [0.05, 0.1) is 11.5 Å². The van der Waals surface area contributed by atoms with Crippen LogP contribution in [0.3, 0.4) is 0 Å². The summed E-state index contributed by atoms with van der Waals surface area (Å²) in [6, 6.07) is 11.9.